The van der Waals surface area contributed by atoms with Crippen LogP contribution in [0.1, 0.15) is 52.9 Å². The lowest BCUT2D eigenvalue weighted by atomic mass is 9.99. The van der Waals surface area contributed by atoms with E-state index in [-0.39, 0.29) is 11.6 Å². The molecule has 1 fully saturated rings. The highest BCUT2D eigenvalue weighted by Crippen LogP contribution is 2.26. The van der Waals surface area contributed by atoms with Crippen LogP contribution in [0.2, 0.25) is 0 Å². The van der Waals surface area contributed by atoms with Crippen LogP contribution < -0.4 is 5.32 Å². The Balaban J connectivity index is 2.81. The number of rotatable bonds is 5. The smallest absolute Gasteiger partial charge is 0.385 e. The molecule has 2 N–H and O–H groups in total. The number of alkyl halides is 3. The third-order valence-corrected chi connectivity index (χ3v) is 3.53. The topological polar surface area (TPSA) is 35.9 Å². The zero-order valence-electron chi connectivity index (χ0n) is 11.8. The van der Waals surface area contributed by atoms with E-state index in [1.54, 1.807) is 6.92 Å². The van der Waals surface area contributed by atoms with Gasteiger partial charge in [-0.05, 0) is 31.3 Å². The van der Waals surface area contributed by atoms with Crippen LogP contribution in [0.15, 0.2) is 11.3 Å². The first-order chi connectivity index (χ1) is 8.70. The van der Waals surface area contributed by atoms with Crippen molar-refractivity contribution in [1.82, 2.24) is 5.32 Å². The van der Waals surface area contributed by atoms with Gasteiger partial charge in [-0.15, -0.1) is 0 Å². The first kappa shape index (κ1) is 16.1. The van der Waals surface area contributed by atoms with E-state index in [1.165, 1.54) is 12.8 Å². The van der Waals surface area contributed by atoms with Gasteiger partial charge in [-0.2, -0.15) is 13.2 Å². The Morgan fingerprint density at radius 2 is 1.79 bits per heavy atom. The van der Waals surface area contributed by atoms with Gasteiger partial charge in [0.05, 0.1) is 6.42 Å². The van der Waals surface area contributed by atoms with E-state index >= 15 is 0 Å². The fraction of sp³-hybridized carbons (Fsp3) is 0.786. The summed E-state index contributed by atoms with van der Waals surface area (Å²) in [6.45, 7) is 5.51. The lowest BCUT2D eigenvalue weighted by Gasteiger charge is -2.23. The molecule has 0 aromatic rings. The van der Waals surface area contributed by atoms with Crippen molar-refractivity contribution in [2.45, 2.75) is 65.1 Å². The molecule has 110 valence electrons. The average Bonchev–Trinajstić information content (AvgIpc) is 2.74. The summed E-state index contributed by atoms with van der Waals surface area (Å²) in [5.74, 6) is 0.106. The number of nitrogens with one attached hydrogen (secondary N) is 2. The molecule has 0 aliphatic heterocycles. The molecule has 0 spiro atoms. The Bertz CT molecular complexity index is 350. The highest BCUT2D eigenvalue weighted by Gasteiger charge is 2.30. The maximum atomic E-state index is 12.4. The molecule has 5 heteroatoms. The lowest BCUT2D eigenvalue weighted by Crippen LogP contribution is -2.30. The zero-order valence-corrected chi connectivity index (χ0v) is 11.8. The van der Waals surface area contributed by atoms with Crippen molar-refractivity contribution in [3.05, 3.63) is 11.3 Å². The van der Waals surface area contributed by atoms with Gasteiger partial charge < -0.3 is 10.7 Å². The second-order valence-corrected chi connectivity index (χ2v) is 5.59. The summed E-state index contributed by atoms with van der Waals surface area (Å²) >= 11 is 0. The molecule has 0 unspecified atom stereocenters. The van der Waals surface area contributed by atoms with Gasteiger partial charge in [-0.3, -0.25) is 0 Å². The Morgan fingerprint density at radius 3 is 2.21 bits per heavy atom. The van der Waals surface area contributed by atoms with E-state index in [4.69, 9.17) is 5.41 Å². The number of hydrogen-bond acceptors (Lipinski definition) is 2. The predicted molar refractivity (Wildman–Crippen MR) is 71.3 cm³/mol. The van der Waals surface area contributed by atoms with Crippen LogP contribution in [0.4, 0.5) is 13.2 Å². The summed E-state index contributed by atoms with van der Waals surface area (Å²) in [5.41, 5.74) is 0.905. The Kier molecular flexibility index (Phi) is 5.44. The largest absolute Gasteiger partial charge is 0.394 e. The molecule has 1 rings (SSSR count). The molecule has 2 nitrogen and oxygen atoms in total. The summed E-state index contributed by atoms with van der Waals surface area (Å²) in [4.78, 5) is 0. The molecule has 0 heterocycles. The summed E-state index contributed by atoms with van der Waals surface area (Å²) in [6, 6.07) is 0.353. The normalized spacial score (nSPS) is 18.7. The third-order valence-electron chi connectivity index (χ3n) is 3.53. The first-order valence-corrected chi connectivity index (χ1v) is 6.82. The SMILES string of the molecule is C/C(C(=N)CC(F)(F)F)=C(/NC1CCCC1)C(C)C. The molecule has 0 amide bonds. The molecule has 1 aliphatic carbocycles. The van der Waals surface area contributed by atoms with E-state index < -0.39 is 12.6 Å². The van der Waals surface area contributed by atoms with Crippen LogP contribution in [-0.4, -0.2) is 17.9 Å². The van der Waals surface area contributed by atoms with Crippen molar-refractivity contribution >= 4 is 5.71 Å². The quantitative estimate of drug-likeness (QED) is 0.716. The molecular formula is C14H23F3N2. The minimum atomic E-state index is -4.31. The third kappa shape index (κ3) is 5.25. The van der Waals surface area contributed by atoms with Crippen molar-refractivity contribution in [1.29, 1.82) is 5.41 Å². The first-order valence-electron chi connectivity index (χ1n) is 6.82. The van der Waals surface area contributed by atoms with Gasteiger partial charge in [-0.1, -0.05) is 26.7 Å². The van der Waals surface area contributed by atoms with Crippen molar-refractivity contribution < 1.29 is 13.2 Å². The van der Waals surface area contributed by atoms with Crippen LogP contribution >= 0.6 is 0 Å². The Labute approximate surface area is 113 Å². The minimum Gasteiger partial charge on any atom is -0.385 e. The Hall–Kier alpha value is -1.00. The molecule has 1 saturated carbocycles. The molecule has 0 radical (unpaired) electrons. The Morgan fingerprint density at radius 1 is 1.26 bits per heavy atom. The monoisotopic (exact) mass is 276 g/mol. The maximum absolute atomic E-state index is 12.4. The van der Waals surface area contributed by atoms with Gasteiger partial charge in [0.2, 0.25) is 0 Å². The molecule has 0 aromatic carbocycles. The average molecular weight is 276 g/mol. The maximum Gasteiger partial charge on any atom is 0.394 e. The fourth-order valence-electron chi connectivity index (χ4n) is 2.49. The van der Waals surface area contributed by atoms with E-state index in [9.17, 15) is 13.2 Å². The van der Waals surface area contributed by atoms with E-state index in [0.717, 1.165) is 18.5 Å². The van der Waals surface area contributed by atoms with Crippen LogP contribution in [0, 0.1) is 11.3 Å². The second-order valence-electron chi connectivity index (χ2n) is 5.59. The van der Waals surface area contributed by atoms with Crippen molar-refractivity contribution in [3.8, 4) is 0 Å². The van der Waals surface area contributed by atoms with Gasteiger partial charge in [0.25, 0.3) is 0 Å². The van der Waals surface area contributed by atoms with Gasteiger partial charge >= 0.3 is 6.18 Å². The standard InChI is InChI=1S/C14H23F3N2/c1-9(2)13(19-11-6-4-5-7-11)10(3)12(18)8-14(15,16)17/h9,11,18-19H,4-8H2,1-3H3/b13-10-,18-12?. The van der Waals surface area contributed by atoms with Crippen LogP contribution in [0.25, 0.3) is 0 Å². The second kappa shape index (κ2) is 6.44. The molecule has 19 heavy (non-hydrogen) atoms. The minimum absolute atomic E-state index is 0.106. The molecule has 0 atom stereocenters. The number of allylic oxidation sites excluding steroid dienone is 2. The van der Waals surface area contributed by atoms with E-state index in [0.29, 0.717) is 11.6 Å². The summed E-state index contributed by atoms with van der Waals surface area (Å²) < 4.78 is 37.1. The van der Waals surface area contributed by atoms with Gasteiger partial charge in [0, 0.05) is 17.5 Å². The van der Waals surface area contributed by atoms with Crippen LogP contribution in [-0.2, 0) is 0 Å². The number of hydrogen-bond donors (Lipinski definition) is 2. The summed E-state index contributed by atoms with van der Waals surface area (Å²) in [5, 5.41) is 11.0. The predicted octanol–water partition coefficient (Wildman–Crippen LogP) is 4.42. The highest BCUT2D eigenvalue weighted by atomic mass is 19.4. The lowest BCUT2D eigenvalue weighted by molar-refractivity contribution is -0.121. The summed E-state index contributed by atoms with van der Waals surface area (Å²) in [7, 11) is 0. The van der Waals surface area contributed by atoms with Gasteiger partial charge in [0.15, 0.2) is 0 Å². The number of halogens is 3. The summed E-state index contributed by atoms with van der Waals surface area (Å²) in [6.07, 6.45) is -0.994. The zero-order chi connectivity index (χ0) is 14.6. The molecular weight excluding hydrogens is 253 g/mol. The molecule has 1 aliphatic rings. The van der Waals surface area contributed by atoms with E-state index in [2.05, 4.69) is 5.32 Å². The van der Waals surface area contributed by atoms with Crippen molar-refractivity contribution in [2.75, 3.05) is 0 Å². The van der Waals surface area contributed by atoms with Crippen molar-refractivity contribution in [2.24, 2.45) is 5.92 Å². The van der Waals surface area contributed by atoms with Crippen LogP contribution in [0.3, 0.4) is 0 Å². The fourth-order valence-corrected chi connectivity index (χ4v) is 2.49. The van der Waals surface area contributed by atoms with Gasteiger partial charge in [-0.25, -0.2) is 0 Å². The molecule has 0 bridgehead atoms. The molecule has 0 saturated heterocycles. The highest BCUT2D eigenvalue weighted by molar-refractivity contribution is 5.98. The molecule has 0 aromatic heterocycles. The van der Waals surface area contributed by atoms with E-state index in [1.807, 2.05) is 13.8 Å². The van der Waals surface area contributed by atoms with Crippen molar-refractivity contribution in [3.63, 3.8) is 0 Å². The van der Waals surface area contributed by atoms with Gasteiger partial charge in [0.1, 0.15) is 0 Å². The van der Waals surface area contributed by atoms with Crippen LogP contribution in [0.5, 0.6) is 0 Å².